The first-order valence-corrected chi connectivity index (χ1v) is 12.6. The summed E-state index contributed by atoms with van der Waals surface area (Å²) in [6, 6.07) is 13.7. The molecule has 0 amide bonds. The van der Waals surface area contributed by atoms with Crippen molar-refractivity contribution in [3.63, 3.8) is 0 Å². The standard InChI is InChI=1S/C27H33IN2O4/c1-18(2)14-23-26(19-10-7-6-8-11-19)29-17-30(23)22(27(31)34-5)13-9-12-20-15-24(32-3)25(33-4)16-21(20)28/h6-8,10-11,15-18,22H,9,12-14H2,1-5H3. The molecule has 0 aliphatic rings. The van der Waals surface area contributed by atoms with E-state index in [1.807, 2.05) is 34.9 Å². The normalized spacial score (nSPS) is 12.0. The molecular weight excluding hydrogens is 543 g/mol. The number of hydrogen-bond donors (Lipinski definition) is 0. The van der Waals surface area contributed by atoms with Gasteiger partial charge in [0.1, 0.15) is 6.04 Å². The molecule has 0 saturated carbocycles. The molecule has 2 aromatic carbocycles. The summed E-state index contributed by atoms with van der Waals surface area (Å²) >= 11 is 2.32. The van der Waals surface area contributed by atoms with E-state index < -0.39 is 6.04 Å². The van der Waals surface area contributed by atoms with Crippen LogP contribution in [0, 0.1) is 9.49 Å². The third-order valence-corrected chi connectivity index (χ3v) is 6.83. The van der Waals surface area contributed by atoms with Crippen LogP contribution in [0.1, 0.15) is 44.0 Å². The third-order valence-electron chi connectivity index (χ3n) is 5.83. The Morgan fingerprint density at radius 1 is 1.06 bits per heavy atom. The Morgan fingerprint density at radius 2 is 1.74 bits per heavy atom. The Kier molecular flexibility index (Phi) is 9.38. The van der Waals surface area contributed by atoms with Crippen molar-refractivity contribution in [3.05, 3.63) is 63.6 Å². The van der Waals surface area contributed by atoms with Crippen molar-refractivity contribution >= 4 is 28.6 Å². The molecule has 0 bridgehead atoms. The number of hydrogen-bond acceptors (Lipinski definition) is 5. The molecule has 1 unspecified atom stereocenters. The molecule has 3 aromatic rings. The Balaban J connectivity index is 1.87. The average molecular weight is 576 g/mol. The highest BCUT2D eigenvalue weighted by molar-refractivity contribution is 14.1. The van der Waals surface area contributed by atoms with Crippen LogP contribution in [-0.4, -0.2) is 36.8 Å². The second-order valence-corrected chi connectivity index (χ2v) is 9.80. The highest BCUT2D eigenvalue weighted by atomic mass is 127. The summed E-state index contributed by atoms with van der Waals surface area (Å²) in [4.78, 5) is 17.6. The number of halogens is 1. The van der Waals surface area contributed by atoms with Gasteiger partial charge in [0.2, 0.25) is 0 Å². The molecule has 0 fully saturated rings. The van der Waals surface area contributed by atoms with Crippen molar-refractivity contribution in [1.82, 2.24) is 9.55 Å². The van der Waals surface area contributed by atoms with Crippen LogP contribution in [0.3, 0.4) is 0 Å². The molecule has 182 valence electrons. The summed E-state index contributed by atoms with van der Waals surface area (Å²) in [7, 11) is 4.73. The monoisotopic (exact) mass is 576 g/mol. The van der Waals surface area contributed by atoms with E-state index in [0.717, 1.165) is 39.8 Å². The summed E-state index contributed by atoms with van der Waals surface area (Å²) in [5.41, 5.74) is 4.22. The number of esters is 1. The Labute approximate surface area is 215 Å². The largest absolute Gasteiger partial charge is 0.493 e. The lowest BCUT2D eigenvalue weighted by atomic mass is 10.0. The first-order chi connectivity index (χ1) is 16.4. The molecule has 34 heavy (non-hydrogen) atoms. The molecule has 7 heteroatoms. The maximum Gasteiger partial charge on any atom is 0.328 e. The van der Waals surface area contributed by atoms with Crippen LogP contribution in [0.4, 0.5) is 0 Å². The highest BCUT2D eigenvalue weighted by Gasteiger charge is 2.26. The smallest absolute Gasteiger partial charge is 0.328 e. The van der Waals surface area contributed by atoms with Gasteiger partial charge in [-0.2, -0.15) is 0 Å². The average Bonchev–Trinajstić information content (AvgIpc) is 3.24. The van der Waals surface area contributed by atoms with Gasteiger partial charge in [-0.05, 0) is 71.9 Å². The molecule has 0 saturated heterocycles. The number of carbonyl (C=O) groups excluding carboxylic acids is 1. The van der Waals surface area contributed by atoms with Crippen molar-refractivity contribution in [3.8, 4) is 22.8 Å². The topological polar surface area (TPSA) is 62.6 Å². The molecule has 1 heterocycles. The van der Waals surface area contributed by atoms with E-state index in [1.54, 1.807) is 20.5 Å². The van der Waals surface area contributed by atoms with Gasteiger partial charge in [-0.1, -0.05) is 44.2 Å². The molecule has 1 aromatic heterocycles. The van der Waals surface area contributed by atoms with Crippen LogP contribution in [-0.2, 0) is 22.4 Å². The molecule has 0 N–H and O–H groups in total. The molecule has 0 radical (unpaired) electrons. The van der Waals surface area contributed by atoms with Crippen molar-refractivity contribution in [2.24, 2.45) is 5.92 Å². The number of aromatic nitrogens is 2. The fraction of sp³-hybridized carbons (Fsp3) is 0.407. The van der Waals surface area contributed by atoms with Gasteiger partial charge in [0, 0.05) is 14.8 Å². The van der Waals surface area contributed by atoms with Gasteiger partial charge in [0.15, 0.2) is 11.5 Å². The Bertz CT molecular complexity index is 1100. The van der Waals surface area contributed by atoms with Gasteiger partial charge in [-0.25, -0.2) is 9.78 Å². The summed E-state index contributed by atoms with van der Waals surface area (Å²) in [6.07, 6.45) is 4.89. The Morgan fingerprint density at radius 3 is 2.35 bits per heavy atom. The summed E-state index contributed by atoms with van der Waals surface area (Å²) in [5, 5.41) is 0. The molecule has 3 rings (SSSR count). The lowest BCUT2D eigenvalue weighted by Gasteiger charge is -2.21. The van der Waals surface area contributed by atoms with E-state index in [1.165, 1.54) is 12.7 Å². The highest BCUT2D eigenvalue weighted by Crippen LogP contribution is 2.33. The number of imidazole rings is 1. The van der Waals surface area contributed by atoms with E-state index in [9.17, 15) is 4.79 Å². The van der Waals surface area contributed by atoms with Crippen LogP contribution in [0.2, 0.25) is 0 Å². The van der Waals surface area contributed by atoms with E-state index in [-0.39, 0.29) is 5.97 Å². The summed E-state index contributed by atoms with van der Waals surface area (Å²) in [5.74, 6) is 1.60. The number of rotatable bonds is 11. The minimum absolute atomic E-state index is 0.246. The first kappa shape index (κ1) is 26.1. The molecule has 6 nitrogen and oxygen atoms in total. The SMILES string of the molecule is COC(=O)C(CCCc1cc(OC)c(OC)cc1I)n1cnc(-c2ccccc2)c1CC(C)C. The van der Waals surface area contributed by atoms with E-state index >= 15 is 0 Å². The molecule has 0 aliphatic heterocycles. The second-order valence-electron chi connectivity index (χ2n) is 8.64. The maximum absolute atomic E-state index is 12.9. The van der Waals surface area contributed by atoms with Crippen molar-refractivity contribution in [2.75, 3.05) is 21.3 Å². The van der Waals surface area contributed by atoms with Gasteiger partial charge in [0.05, 0.1) is 33.4 Å². The minimum atomic E-state index is -0.429. The Hall–Kier alpha value is -2.55. The zero-order chi connectivity index (χ0) is 24.7. The zero-order valence-electron chi connectivity index (χ0n) is 20.5. The molecule has 1 atom stereocenters. The number of aryl methyl sites for hydroxylation is 1. The number of ether oxygens (including phenoxy) is 3. The predicted octanol–water partition coefficient (Wildman–Crippen LogP) is 6.11. The number of nitrogens with zero attached hydrogens (tertiary/aromatic N) is 2. The van der Waals surface area contributed by atoms with Crippen molar-refractivity contribution < 1.29 is 19.0 Å². The minimum Gasteiger partial charge on any atom is -0.493 e. The lowest BCUT2D eigenvalue weighted by Crippen LogP contribution is -2.23. The quantitative estimate of drug-likeness (QED) is 0.204. The summed E-state index contributed by atoms with van der Waals surface area (Å²) < 4.78 is 19.2. The van der Waals surface area contributed by atoms with Gasteiger partial charge in [0.25, 0.3) is 0 Å². The van der Waals surface area contributed by atoms with E-state index in [0.29, 0.717) is 23.8 Å². The summed E-state index contributed by atoms with van der Waals surface area (Å²) in [6.45, 7) is 4.36. The maximum atomic E-state index is 12.9. The second kappa shape index (κ2) is 12.2. The first-order valence-electron chi connectivity index (χ1n) is 11.5. The predicted molar refractivity (Wildman–Crippen MR) is 142 cm³/mol. The van der Waals surface area contributed by atoms with Crippen LogP contribution >= 0.6 is 22.6 Å². The van der Waals surface area contributed by atoms with Crippen LogP contribution in [0.5, 0.6) is 11.5 Å². The van der Waals surface area contributed by atoms with Crippen molar-refractivity contribution in [2.45, 2.75) is 45.6 Å². The van der Waals surface area contributed by atoms with Crippen molar-refractivity contribution in [1.29, 1.82) is 0 Å². The third kappa shape index (κ3) is 6.11. The van der Waals surface area contributed by atoms with Gasteiger partial charge >= 0.3 is 5.97 Å². The number of carbonyl (C=O) groups is 1. The van der Waals surface area contributed by atoms with E-state index in [4.69, 9.17) is 19.2 Å². The molecular formula is C27H33IN2O4. The zero-order valence-corrected chi connectivity index (χ0v) is 22.7. The molecule has 0 spiro atoms. The van der Waals surface area contributed by atoms with E-state index in [2.05, 4.69) is 48.6 Å². The lowest BCUT2D eigenvalue weighted by molar-refractivity contribution is -0.144. The fourth-order valence-corrected chi connectivity index (χ4v) is 4.87. The van der Waals surface area contributed by atoms with Gasteiger partial charge in [-0.3, -0.25) is 0 Å². The van der Waals surface area contributed by atoms with Crippen LogP contribution in [0.15, 0.2) is 48.8 Å². The fourth-order valence-electron chi connectivity index (χ4n) is 4.16. The van der Waals surface area contributed by atoms with Gasteiger partial charge in [-0.15, -0.1) is 0 Å². The number of benzene rings is 2. The van der Waals surface area contributed by atoms with Gasteiger partial charge < -0.3 is 18.8 Å². The number of methoxy groups -OCH3 is 3. The molecule has 0 aliphatic carbocycles. The van der Waals surface area contributed by atoms with Crippen LogP contribution in [0.25, 0.3) is 11.3 Å². The van der Waals surface area contributed by atoms with Crippen LogP contribution < -0.4 is 9.47 Å².